The molecule has 12 heteroatoms. The van der Waals surface area contributed by atoms with Crippen LogP contribution < -0.4 is 5.73 Å². The lowest BCUT2D eigenvalue weighted by atomic mass is 10.4. The third-order valence-electron chi connectivity index (χ3n) is 4.11. The molecule has 0 unspecified atom stereocenters. The molecular formula is C23H28ClN11. The Labute approximate surface area is 208 Å². The van der Waals surface area contributed by atoms with Crippen LogP contribution in [-0.2, 0) is 6.54 Å². The number of hydrogen-bond acceptors (Lipinski definition) is 7. The van der Waals surface area contributed by atoms with Gasteiger partial charge in [0, 0.05) is 43.3 Å². The fourth-order valence-electron chi connectivity index (χ4n) is 2.62. The Morgan fingerprint density at radius 1 is 0.714 bits per heavy atom. The monoisotopic (exact) mass is 493 g/mol. The molecule has 0 aliphatic rings. The summed E-state index contributed by atoms with van der Waals surface area (Å²) in [6.07, 6.45) is 10.4. The summed E-state index contributed by atoms with van der Waals surface area (Å²) in [5.74, 6) is 0.401. The molecule has 0 saturated carbocycles. The summed E-state index contributed by atoms with van der Waals surface area (Å²) in [6, 6.07) is 10.6. The number of nitrogens with zero attached hydrogens (tertiary/aromatic N) is 10. The average Bonchev–Trinajstić information content (AvgIpc) is 3.58. The predicted molar refractivity (Wildman–Crippen MR) is 138 cm³/mol. The smallest absolute Gasteiger partial charge is 0.273 e. The quantitative estimate of drug-likeness (QED) is 0.259. The molecule has 0 radical (unpaired) electrons. The van der Waals surface area contributed by atoms with Crippen molar-refractivity contribution in [2.45, 2.75) is 28.8 Å². The van der Waals surface area contributed by atoms with Gasteiger partial charge in [-0.05, 0) is 18.2 Å². The van der Waals surface area contributed by atoms with Crippen molar-refractivity contribution < 1.29 is 0 Å². The van der Waals surface area contributed by atoms with E-state index in [4.69, 9.17) is 23.9 Å². The number of hydrogen-bond donors (Lipinski definition) is 1. The molecule has 0 saturated heterocycles. The molecule has 0 aliphatic heterocycles. The molecule has 0 bridgehead atoms. The van der Waals surface area contributed by atoms with Crippen LogP contribution in [0.2, 0.25) is 5.15 Å². The summed E-state index contributed by atoms with van der Waals surface area (Å²) >= 11 is 5.62. The Hall–Kier alpha value is -4.40. The minimum Gasteiger partial charge on any atom is -0.361 e. The maximum atomic E-state index is 6.70. The summed E-state index contributed by atoms with van der Waals surface area (Å²) in [5.41, 5.74) is 8.62. The first-order valence-electron chi connectivity index (χ1n) is 9.29. The Morgan fingerprint density at radius 2 is 1.20 bits per heavy atom. The van der Waals surface area contributed by atoms with E-state index in [1.54, 1.807) is 68.8 Å². The van der Waals surface area contributed by atoms with Gasteiger partial charge in [0.15, 0.2) is 11.3 Å². The van der Waals surface area contributed by atoms with Gasteiger partial charge in [0.25, 0.3) is 5.82 Å². The van der Waals surface area contributed by atoms with Crippen LogP contribution in [0.4, 0.5) is 5.82 Å². The molecule has 0 atom stereocenters. The second kappa shape index (κ2) is 13.3. The van der Waals surface area contributed by atoms with Gasteiger partial charge in [0.1, 0.15) is 5.15 Å². The minimum atomic E-state index is 0. The summed E-state index contributed by atoms with van der Waals surface area (Å²) in [6.45, 7) is 7.18. The Morgan fingerprint density at radius 3 is 1.74 bits per heavy atom. The molecule has 11 nitrogen and oxygen atoms in total. The van der Waals surface area contributed by atoms with Crippen LogP contribution in [0.1, 0.15) is 28.0 Å². The maximum absolute atomic E-state index is 6.70. The largest absolute Gasteiger partial charge is 0.361 e. The SMILES string of the molecule is C.C.C.Clc1ccn2nccc2n1.NCc1ccn2nccc2n1.[C-]#[N+]c1ccn2nccc2n1. The standard InChI is InChI=1S/C7H4N4.C7H8N4.C6H4ClN3.3CH4/c1-8-6-3-5-11-7(10-6)2-4-9-11;8-5-6-2-4-11-7(10-6)1-3-9-11;7-5-2-4-10-6(9-5)1-3-8-10;;;/h2-5H;1-4H,5,8H2;1-4H;3*1H4. The number of nitrogens with two attached hydrogens (primary N) is 1. The van der Waals surface area contributed by atoms with Crippen molar-refractivity contribution in [1.82, 2.24) is 43.8 Å². The number of halogens is 1. The van der Waals surface area contributed by atoms with Gasteiger partial charge in [-0.25, -0.2) is 23.5 Å². The molecule has 6 aromatic heterocycles. The summed E-state index contributed by atoms with van der Waals surface area (Å²) < 4.78 is 4.99. The summed E-state index contributed by atoms with van der Waals surface area (Å²) in [7, 11) is 0. The predicted octanol–water partition coefficient (Wildman–Crippen LogP) is 4.76. The zero-order valence-electron chi connectivity index (χ0n) is 16.6. The van der Waals surface area contributed by atoms with E-state index in [-0.39, 0.29) is 22.3 Å². The zero-order valence-corrected chi connectivity index (χ0v) is 17.3. The molecule has 0 spiro atoms. The molecule has 35 heavy (non-hydrogen) atoms. The van der Waals surface area contributed by atoms with Gasteiger partial charge in [-0.1, -0.05) is 40.5 Å². The van der Waals surface area contributed by atoms with Gasteiger partial charge < -0.3 is 10.6 Å². The molecule has 2 N–H and O–H groups in total. The van der Waals surface area contributed by atoms with E-state index >= 15 is 0 Å². The van der Waals surface area contributed by atoms with Gasteiger partial charge in [0.05, 0.1) is 24.3 Å². The van der Waals surface area contributed by atoms with E-state index in [9.17, 15) is 0 Å². The van der Waals surface area contributed by atoms with Crippen molar-refractivity contribution >= 4 is 34.4 Å². The van der Waals surface area contributed by atoms with Crippen molar-refractivity contribution in [3.8, 4) is 0 Å². The second-order valence-electron chi connectivity index (χ2n) is 6.17. The molecule has 0 fully saturated rings. The fraction of sp³-hybridized carbons (Fsp3) is 0.174. The van der Waals surface area contributed by atoms with Gasteiger partial charge in [-0.3, -0.25) is 0 Å². The molecule has 6 rings (SSSR count). The van der Waals surface area contributed by atoms with Crippen LogP contribution in [0.5, 0.6) is 0 Å². The Bertz CT molecular complexity index is 1510. The van der Waals surface area contributed by atoms with Crippen molar-refractivity contribution in [1.29, 1.82) is 0 Å². The average molecular weight is 494 g/mol. The first-order chi connectivity index (χ1) is 15.7. The number of rotatable bonds is 1. The van der Waals surface area contributed by atoms with Gasteiger partial charge in [-0.2, -0.15) is 15.3 Å². The van der Waals surface area contributed by atoms with Crippen molar-refractivity contribution in [3.05, 3.63) is 95.8 Å². The van der Waals surface area contributed by atoms with E-state index in [2.05, 4.69) is 35.1 Å². The highest BCUT2D eigenvalue weighted by Crippen LogP contribution is 2.08. The normalized spacial score (nSPS) is 9.40. The van der Waals surface area contributed by atoms with Crippen LogP contribution in [-0.4, -0.2) is 43.8 Å². The molecule has 0 aromatic carbocycles. The molecular weight excluding hydrogens is 466 g/mol. The molecule has 182 valence electrons. The van der Waals surface area contributed by atoms with Gasteiger partial charge in [0.2, 0.25) is 5.65 Å². The second-order valence-corrected chi connectivity index (χ2v) is 6.56. The van der Waals surface area contributed by atoms with E-state index in [0.29, 0.717) is 23.2 Å². The Kier molecular flexibility index (Phi) is 10.9. The lowest BCUT2D eigenvalue weighted by Gasteiger charge is -1.95. The van der Waals surface area contributed by atoms with Gasteiger partial charge in [-0.15, -0.1) is 4.98 Å². The minimum absolute atomic E-state index is 0. The zero-order chi connectivity index (χ0) is 22.3. The molecule has 6 heterocycles. The van der Waals surface area contributed by atoms with Crippen LogP contribution in [0, 0.1) is 6.57 Å². The van der Waals surface area contributed by atoms with Crippen molar-refractivity contribution in [2.24, 2.45) is 5.73 Å². The molecule has 6 aromatic rings. The summed E-state index contributed by atoms with van der Waals surface area (Å²) in [5, 5.41) is 12.4. The highest BCUT2D eigenvalue weighted by atomic mass is 35.5. The topological polar surface area (TPSA) is 121 Å². The number of fused-ring (bicyclic) bond motifs is 3. The maximum Gasteiger partial charge on any atom is 0.273 e. The first-order valence-corrected chi connectivity index (χ1v) is 9.67. The van der Waals surface area contributed by atoms with Crippen LogP contribution in [0.15, 0.2) is 73.6 Å². The fourth-order valence-corrected chi connectivity index (χ4v) is 2.76. The summed E-state index contributed by atoms with van der Waals surface area (Å²) in [4.78, 5) is 15.4. The van der Waals surface area contributed by atoms with Gasteiger partial charge >= 0.3 is 0 Å². The van der Waals surface area contributed by atoms with Crippen LogP contribution >= 0.6 is 11.6 Å². The first kappa shape index (κ1) is 28.6. The highest BCUT2D eigenvalue weighted by molar-refractivity contribution is 6.29. The van der Waals surface area contributed by atoms with Crippen molar-refractivity contribution in [2.75, 3.05) is 0 Å². The molecule has 0 amide bonds. The van der Waals surface area contributed by atoms with Crippen LogP contribution in [0.25, 0.3) is 21.8 Å². The van der Waals surface area contributed by atoms with E-state index in [1.165, 1.54) is 0 Å². The van der Waals surface area contributed by atoms with Crippen LogP contribution in [0.3, 0.4) is 0 Å². The highest BCUT2D eigenvalue weighted by Gasteiger charge is 1.98. The van der Waals surface area contributed by atoms with Crippen molar-refractivity contribution in [3.63, 3.8) is 0 Å². The molecule has 0 aliphatic carbocycles. The third kappa shape index (κ3) is 7.04. The number of aromatic nitrogens is 9. The Balaban J connectivity index is 0.000000252. The lowest BCUT2D eigenvalue weighted by Crippen LogP contribution is -2.01. The van der Waals surface area contributed by atoms with E-state index < -0.39 is 0 Å². The lowest BCUT2D eigenvalue weighted by molar-refractivity contribution is 0.903. The van der Waals surface area contributed by atoms with E-state index in [1.807, 2.05) is 18.3 Å². The third-order valence-corrected chi connectivity index (χ3v) is 4.32. The van der Waals surface area contributed by atoms with E-state index in [0.717, 1.165) is 17.0 Å².